The van der Waals surface area contributed by atoms with E-state index in [2.05, 4.69) is 9.88 Å². The van der Waals surface area contributed by atoms with Crippen LogP contribution in [0.3, 0.4) is 0 Å². The van der Waals surface area contributed by atoms with Gasteiger partial charge in [0.05, 0.1) is 16.9 Å². The maximum Gasteiger partial charge on any atom is 0.417 e. The van der Waals surface area contributed by atoms with Crippen LogP contribution in [0.1, 0.15) is 12.8 Å². The number of fused-ring (bicyclic) bond motifs is 1. The average Bonchev–Trinajstić information content (AvgIpc) is 3.00. The fourth-order valence-electron chi connectivity index (χ4n) is 1.97. The molecule has 1 aromatic carbocycles. The first-order valence-electron chi connectivity index (χ1n) is 5.30. The molecule has 16 heavy (non-hydrogen) atoms. The Balaban J connectivity index is 2.15. The molecular weight excluding hydrogens is 206 g/mol. The molecule has 2 aromatic rings. The molecule has 0 radical (unpaired) electrons. The van der Waals surface area contributed by atoms with Crippen LogP contribution < -0.4 is 16.4 Å². The number of aromatic nitrogens is 1. The molecule has 0 bridgehead atoms. The lowest BCUT2D eigenvalue weighted by atomic mass is 10.2. The monoisotopic (exact) mass is 219 g/mol. The van der Waals surface area contributed by atoms with Gasteiger partial charge in [0.1, 0.15) is 0 Å². The van der Waals surface area contributed by atoms with Crippen molar-refractivity contribution < 1.29 is 4.42 Å². The van der Waals surface area contributed by atoms with Crippen LogP contribution >= 0.6 is 0 Å². The number of aromatic amines is 1. The molecule has 3 N–H and O–H groups in total. The summed E-state index contributed by atoms with van der Waals surface area (Å²) in [6, 6.07) is 4.15. The van der Waals surface area contributed by atoms with Crippen molar-refractivity contribution in [2.24, 2.45) is 0 Å². The SMILES string of the molecule is CN(c1cc2[nH]c(=O)oc2cc1N)C1CC1. The standard InChI is InChI=1S/C11H13N3O2/c1-14(6-2-3-6)9-5-8-10(4-7(9)12)16-11(15)13-8/h4-6H,2-3,12H2,1H3,(H,13,15). The Kier molecular flexibility index (Phi) is 1.77. The minimum absolute atomic E-state index is 0.444. The predicted molar refractivity (Wildman–Crippen MR) is 62.7 cm³/mol. The maximum absolute atomic E-state index is 11.1. The van der Waals surface area contributed by atoms with Gasteiger partial charge in [0.2, 0.25) is 0 Å². The van der Waals surface area contributed by atoms with E-state index in [9.17, 15) is 4.79 Å². The molecule has 0 atom stereocenters. The van der Waals surface area contributed by atoms with Crippen LogP contribution in [0.2, 0.25) is 0 Å². The summed E-state index contributed by atoms with van der Waals surface area (Å²) >= 11 is 0. The first-order valence-corrected chi connectivity index (χ1v) is 5.30. The van der Waals surface area contributed by atoms with E-state index in [4.69, 9.17) is 10.2 Å². The van der Waals surface area contributed by atoms with Gasteiger partial charge < -0.3 is 15.1 Å². The minimum atomic E-state index is -0.444. The highest BCUT2D eigenvalue weighted by atomic mass is 16.4. The number of nitrogen functional groups attached to an aromatic ring is 1. The molecule has 1 fully saturated rings. The van der Waals surface area contributed by atoms with E-state index in [1.54, 1.807) is 6.07 Å². The summed E-state index contributed by atoms with van der Waals surface area (Å²) in [6.45, 7) is 0. The van der Waals surface area contributed by atoms with Gasteiger partial charge in [0.15, 0.2) is 5.58 Å². The number of nitrogens with zero attached hydrogens (tertiary/aromatic N) is 1. The van der Waals surface area contributed by atoms with Crippen LogP contribution in [0.15, 0.2) is 21.3 Å². The largest absolute Gasteiger partial charge is 0.417 e. The molecule has 0 unspecified atom stereocenters. The number of benzene rings is 1. The van der Waals surface area contributed by atoms with Gasteiger partial charge in [-0.2, -0.15) is 0 Å². The quantitative estimate of drug-likeness (QED) is 0.746. The van der Waals surface area contributed by atoms with Gasteiger partial charge in [-0.15, -0.1) is 0 Å². The summed E-state index contributed by atoms with van der Waals surface area (Å²) in [5.74, 6) is -0.444. The van der Waals surface area contributed by atoms with Crippen molar-refractivity contribution in [1.82, 2.24) is 4.98 Å². The number of nitrogens with two attached hydrogens (primary N) is 1. The molecule has 84 valence electrons. The topological polar surface area (TPSA) is 75.3 Å². The number of H-pyrrole nitrogens is 1. The van der Waals surface area contributed by atoms with Gasteiger partial charge >= 0.3 is 5.76 Å². The summed E-state index contributed by atoms with van der Waals surface area (Å²) in [6.07, 6.45) is 2.41. The van der Waals surface area contributed by atoms with Crippen molar-refractivity contribution in [1.29, 1.82) is 0 Å². The third kappa shape index (κ3) is 1.36. The fourth-order valence-corrected chi connectivity index (χ4v) is 1.97. The first kappa shape index (κ1) is 9.33. The number of anilines is 2. The van der Waals surface area contributed by atoms with Crippen LogP contribution in [0.4, 0.5) is 11.4 Å². The van der Waals surface area contributed by atoms with E-state index in [1.165, 1.54) is 12.8 Å². The zero-order valence-corrected chi connectivity index (χ0v) is 8.99. The summed E-state index contributed by atoms with van der Waals surface area (Å²) in [7, 11) is 2.02. The van der Waals surface area contributed by atoms with Gasteiger partial charge in [-0.3, -0.25) is 4.98 Å². The van der Waals surface area contributed by atoms with Crippen LogP contribution in [-0.2, 0) is 0 Å². The summed E-state index contributed by atoms with van der Waals surface area (Å²) in [5, 5.41) is 0. The Morgan fingerprint density at radius 2 is 2.25 bits per heavy atom. The van der Waals surface area contributed by atoms with Crippen molar-refractivity contribution in [2.45, 2.75) is 18.9 Å². The smallest absolute Gasteiger partial charge is 0.408 e. The van der Waals surface area contributed by atoms with Crippen molar-refractivity contribution in [3.63, 3.8) is 0 Å². The molecule has 1 aromatic heterocycles. The number of rotatable bonds is 2. The second-order valence-corrected chi connectivity index (χ2v) is 4.26. The third-order valence-electron chi connectivity index (χ3n) is 3.04. The molecular formula is C11H13N3O2. The summed E-state index contributed by atoms with van der Waals surface area (Å²) < 4.78 is 4.95. The lowest BCUT2D eigenvalue weighted by Crippen LogP contribution is -2.20. The summed E-state index contributed by atoms with van der Waals surface area (Å²) in [4.78, 5) is 15.8. The Labute approximate surface area is 91.8 Å². The predicted octanol–water partition coefficient (Wildman–Crippen LogP) is 1.30. The minimum Gasteiger partial charge on any atom is -0.408 e. The molecule has 5 heteroatoms. The molecule has 0 aliphatic heterocycles. The van der Waals surface area contributed by atoms with E-state index >= 15 is 0 Å². The van der Waals surface area contributed by atoms with Gasteiger partial charge in [0, 0.05) is 19.2 Å². The molecule has 1 aliphatic carbocycles. The Bertz CT molecular complexity index is 595. The number of hydrogen-bond donors (Lipinski definition) is 2. The highest BCUT2D eigenvalue weighted by molar-refractivity contribution is 5.85. The van der Waals surface area contributed by atoms with Crippen LogP contribution in [0.25, 0.3) is 11.1 Å². The third-order valence-corrected chi connectivity index (χ3v) is 3.04. The molecule has 0 spiro atoms. The highest BCUT2D eigenvalue weighted by Crippen LogP contribution is 2.35. The van der Waals surface area contributed by atoms with Crippen LogP contribution in [0, 0.1) is 0 Å². The fraction of sp³-hybridized carbons (Fsp3) is 0.364. The first-order chi connectivity index (χ1) is 7.65. The van der Waals surface area contributed by atoms with E-state index < -0.39 is 5.76 Å². The average molecular weight is 219 g/mol. The molecule has 1 saturated carbocycles. The van der Waals surface area contributed by atoms with E-state index in [0.717, 1.165) is 5.69 Å². The number of oxazole rings is 1. The highest BCUT2D eigenvalue weighted by Gasteiger charge is 2.27. The number of hydrogen-bond acceptors (Lipinski definition) is 4. The van der Waals surface area contributed by atoms with E-state index in [-0.39, 0.29) is 0 Å². The van der Waals surface area contributed by atoms with Crippen LogP contribution in [-0.4, -0.2) is 18.1 Å². The lowest BCUT2D eigenvalue weighted by Gasteiger charge is -2.20. The van der Waals surface area contributed by atoms with E-state index in [1.807, 2.05) is 13.1 Å². The second kappa shape index (κ2) is 3.04. The zero-order valence-electron chi connectivity index (χ0n) is 8.99. The molecule has 0 saturated heterocycles. The number of nitrogens with one attached hydrogen (secondary N) is 1. The Morgan fingerprint density at radius 1 is 1.50 bits per heavy atom. The molecule has 0 amide bonds. The normalized spacial score (nSPS) is 15.6. The molecule has 1 heterocycles. The molecule has 5 nitrogen and oxygen atoms in total. The van der Waals surface area contributed by atoms with Gasteiger partial charge in [-0.25, -0.2) is 4.79 Å². The second-order valence-electron chi connectivity index (χ2n) is 4.26. The van der Waals surface area contributed by atoms with Crippen molar-refractivity contribution in [2.75, 3.05) is 17.7 Å². The van der Waals surface area contributed by atoms with Crippen molar-refractivity contribution in [3.05, 3.63) is 22.7 Å². The van der Waals surface area contributed by atoms with Gasteiger partial charge in [-0.05, 0) is 18.9 Å². The van der Waals surface area contributed by atoms with Gasteiger partial charge in [-0.1, -0.05) is 0 Å². The Morgan fingerprint density at radius 3 is 2.94 bits per heavy atom. The molecule has 3 rings (SSSR count). The maximum atomic E-state index is 11.1. The lowest BCUT2D eigenvalue weighted by molar-refractivity contribution is 0.555. The van der Waals surface area contributed by atoms with E-state index in [0.29, 0.717) is 22.8 Å². The van der Waals surface area contributed by atoms with Crippen molar-refractivity contribution >= 4 is 22.5 Å². The Hall–Kier alpha value is -1.91. The summed E-state index contributed by atoms with van der Waals surface area (Å²) in [5.41, 5.74) is 8.74. The molecule has 1 aliphatic rings. The van der Waals surface area contributed by atoms with Crippen molar-refractivity contribution in [3.8, 4) is 0 Å². The van der Waals surface area contributed by atoms with Gasteiger partial charge in [0.25, 0.3) is 0 Å². The van der Waals surface area contributed by atoms with Crippen LogP contribution in [0.5, 0.6) is 0 Å². The zero-order chi connectivity index (χ0) is 11.3.